The fraction of sp³-hybridized carbons (Fsp3) is 0.579. The molecule has 2 fully saturated rings. The van der Waals surface area contributed by atoms with E-state index >= 15 is 0 Å². The van der Waals surface area contributed by atoms with E-state index < -0.39 is 6.10 Å². The van der Waals surface area contributed by atoms with Crippen LogP contribution in [-0.2, 0) is 14.3 Å². The van der Waals surface area contributed by atoms with Crippen LogP contribution >= 0.6 is 12.2 Å². The Morgan fingerprint density at radius 1 is 1.22 bits per heavy atom. The van der Waals surface area contributed by atoms with E-state index in [0.717, 1.165) is 25.1 Å². The first kappa shape index (κ1) is 18.5. The van der Waals surface area contributed by atoms with Crippen LogP contribution in [0.5, 0.6) is 5.75 Å². The Balaban J connectivity index is 1.47. The number of ether oxygens (including phenoxy) is 3. The number of carbonyl (C=O) groups is 1. The lowest BCUT2D eigenvalue weighted by molar-refractivity contribution is -0.142. The molecule has 4 rings (SSSR count). The van der Waals surface area contributed by atoms with Gasteiger partial charge in [-0.1, -0.05) is 12.1 Å². The molecule has 1 aromatic carbocycles. The molecule has 0 radical (unpaired) electrons. The first-order valence-corrected chi connectivity index (χ1v) is 9.92. The van der Waals surface area contributed by atoms with Crippen molar-refractivity contribution in [3.63, 3.8) is 0 Å². The van der Waals surface area contributed by atoms with E-state index in [2.05, 4.69) is 5.32 Å². The van der Waals surface area contributed by atoms with Crippen molar-refractivity contribution in [3.8, 4) is 5.75 Å². The van der Waals surface area contributed by atoms with Crippen LogP contribution in [0.2, 0.25) is 0 Å². The summed E-state index contributed by atoms with van der Waals surface area (Å²) < 4.78 is 17.0. The third kappa shape index (κ3) is 4.17. The Hall–Kier alpha value is -1.90. The maximum Gasteiger partial charge on any atom is 0.265 e. The molecule has 2 saturated heterocycles. The summed E-state index contributed by atoms with van der Waals surface area (Å²) >= 11 is 5.64. The Morgan fingerprint density at radius 2 is 2.04 bits per heavy atom. The summed E-state index contributed by atoms with van der Waals surface area (Å²) in [5, 5.41) is 3.90. The number of hydrogen-bond acceptors (Lipinski definition) is 5. The molecular formula is C19H25N3O4S. The number of fused-ring (bicyclic) bond motifs is 1. The van der Waals surface area contributed by atoms with E-state index in [4.69, 9.17) is 26.4 Å². The Labute approximate surface area is 164 Å². The average molecular weight is 391 g/mol. The molecule has 0 aliphatic carbocycles. The number of anilines is 1. The molecule has 8 heteroatoms. The molecule has 0 unspecified atom stereocenters. The summed E-state index contributed by atoms with van der Waals surface area (Å²) in [5.41, 5.74) is 0.883. The second-order valence-electron chi connectivity index (χ2n) is 6.94. The molecule has 0 bridgehead atoms. The van der Waals surface area contributed by atoms with Gasteiger partial charge in [0.1, 0.15) is 5.75 Å². The highest BCUT2D eigenvalue weighted by molar-refractivity contribution is 7.80. The van der Waals surface area contributed by atoms with E-state index in [0.29, 0.717) is 50.3 Å². The van der Waals surface area contributed by atoms with Crippen LogP contribution in [0.4, 0.5) is 5.69 Å². The van der Waals surface area contributed by atoms with Gasteiger partial charge in [0, 0.05) is 26.2 Å². The molecular weight excluding hydrogens is 366 g/mol. The lowest BCUT2D eigenvalue weighted by Gasteiger charge is -2.38. The normalized spacial score (nSPS) is 24.9. The minimum atomic E-state index is -0.583. The van der Waals surface area contributed by atoms with Crippen LogP contribution in [-0.4, -0.2) is 74.1 Å². The first-order valence-electron chi connectivity index (χ1n) is 9.51. The maximum atomic E-state index is 12.9. The van der Waals surface area contributed by atoms with Crippen molar-refractivity contribution >= 4 is 28.9 Å². The molecule has 3 heterocycles. The van der Waals surface area contributed by atoms with Crippen molar-refractivity contribution < 1.29 is 19.0 Å². The summed E-state index contributed by atoms with van der Waals surface area (Å²) in [5.74, 6) is 0.663. The van der Waals surface area contributed by atoms with Crippen molar-refractivity contribution in [2.24, 2.45) is 0 Å². The van der Waals surface area contributed by atoms with E-state index in [1.165, 1.54) is 0 Å². The van der Waals surface area contributed by atoms with Crippen LogP contribution < -0.4 is 15.0 Å². The van der Waals surface area contributed by atoms with Gasteiger partial charge in [0.2, 0.25) is 0 Å². The predicted octanol–water partition coefficient (Wildman–Crippen LogP) is 1.17. The standard InChI is InChI=1S/C19H25N3O4S/c23-18(21-7-10-24-11-8-21)17-13-22(15-5-1-2-6-16(15)26-17)19(27)20-12-14-4-3-9-25-14/h1-2,5-6,14,17H,3-4,7-13H2,(H,20,27)/t14-,17-/m1/s1. The number of nitrogens with zero attached hydrogens (tertiary/aromatic N) is 2. The summed E-state index contributed by atoms with van der Waals surface area (Å²) in [6.07, 6.45) is 1.76. The van der Waals surface area contributed by atoms with Crippen LogP contribution in [0.3, 0.4) is 0 Å². The number of carbonyl (C=O) groups excluding carboxylic acids is 1. The maximum absolute atomic E-state index is 12.9. The van der Waals surface area contributed by atoms with Crippen LogP contribution in [0.15, 0.2) is 24.3 Å². The minimum Gasteiger partial charge on any atom is -0.476 e. The second kappa shape index (κ2) is 8.41. The topological polar surface area (TPSA) is 63.3 Å². The molecule has 2 atom stereocenters. The van der Waals surface area contributed by atoms with E-state index in [9.17, 15) is 4.79 Å². The molecule has 0 aromatic heterocycles. The van der Waals surface area contributed by atoms with Crippen molar-refractivity contribution in [1.82, 2.24) is 10.2 Å². The SMILES string of the molecule is O=C([C@H]1CN(C(=S)NC[C@H]2CCCO2)c2ccccc2O1)N1CCOCC1. The van der Waals surface area contributed by atoms with Crippen molar-refractivity contribution in [2.75, 3.05) is 50.9 Å². The van der Waals surface area contributed by atoms with Gasteiger partial charge in [-0.05, 0) is 37.2 Å². The summed E-state index contributed by atoms with van der Waals surface area (Å²) in [6, 6.07) is 7.69. The zero-order valence-corrected chi connectivity index (χ0v) is 16.1. The van der Waals surface area contributed by atoms with Crippen molar-refractivity contribution in [1.29, 1.82) is 0 Å². The van der Waals surface area contributed by atoms with Gasteiger partial charge in [-0.2, -0.15) is 0 Å². The molecule has 1 amide bonds. The first-order chi connectivity index (χ1) is 13.2. The molecule has 27 heavy (non-hydrogen) atoms. The van der Waals surface area contributed by atoms with Gasteiger partial charge < -0.3 is 29.3 Å². The number of amides is 1. The molecule has 0 saturated carbocycles. The van der Waals surface area contributed by atoms with Gasteiger partial charge in [0.25, 0.3) is 5.91 Å². The molecule has 1 aromatic rings. The zero-order valence-electron chi connectivity index (χ0n) is 15.3. The predicted molar refractivity (Wildman–Crippen MR) is 105 cm³/mol. The third-order valence-electron chi connectivity index (χ3n) is 5.12. The fourth-order valence-electron chi connectivity index (χ4n) is 3.64. The number of benzene rings is 1. The van der Waals surface area contributed by atoms with E-state index in [-0.39, 0.29) is 12.0 Å². The molecule has 146 valence electrons. The Morgan fingerprint density at radius 3 is 2.81 bits per heavy atom. The number of nitrogens with one attached hydrogen (secondary N) is 1. The van der Waals surface area contributed by atoms with Gasteiger partial charge in [0.15, 0.2) is 11.2 Å². The number of hydrogen-bond donors (Lipinski definition) is 1. The minimum absolute atomic E-state index is 0.0141. The molecule has 7 nitrogen and oxygen atoms in total. The van der Waals surface area contributed by atoms with Crippen LogP contribution in [0.25, 0.3) is 0 Å². The van der Waals surface area contributed by atoms with Crippen molar-refractivity contribution in [3.05, 3.63) is 24.3 Å². The van der Waals surface area contributed by atoms with E-state index in [1.807, 2.05) is 34.1 Å². The zero-order chi connectivity index (χ0) is 18.6. The average Bonchev–Trinajstić information content (AvgIpc) is 3.25. The number of rotatable bonds is 3. The number of morpholine rings is 1. The third-order valence-corrected chi connectivity index (χ3v) is 5.49. The van der Waals surface area contributed by atoms with E-state index in [1.54, 1.807) is 0 Å². The van der Waals surface area contributed by atoms with Gasteiger partial charge in [-0.25, -0.2) is 0 Å². The smallest absolute Gasteiger partial charge is 0.265 e. The monoisotopic (exact) mass is 391 g/mol. The Bertz CT molecular complexity index is 689. The highest BCUT2D eigenvalue weighted by Gasteiger charge is 2.35. The Kier molecular flexibility index (Phi) is 5.75. The summed E-state index contributed by atoms with van der Waals surface area (Å²) in [7, 11) is 0. The molecule has 3 aliphatic rings. The second-order valence-corrected chi connectivity index (χ2v) is 7.33. The fourth-order valence-corrected chi connectivity index (χ4v) is 3.90. The van der Waals surface area contributed by atoms with Crippen molar-refractivity contribution in [2.45, 2.75) is 25.0 Å². The molecule has 3 aliphatic heterocycles. The molecule has 1 N–H and O–H groups in total. The van der Waals surface area contributed by atoms with Gasteiger partial charge in [-0.3, -0.25) is 4.79 Å². The summed E-state index contributed by atoms with van der Waals surface area (Å²) in [4.78, 5) is 16.7. The summed E-state index contributed by atoms with van der Waals surface area (Å²) in [6.45, 7) is 4.23. The van der Waals surface area contributed by atoms with Crippen LogP contribution in [0, 0.1) is 0 Å². The quantitative estimate of drug-likeness (QED) is 0.776. The number of para-hydroxylation sites is 2. The highest BCUT2D eigenvalue weighted by Crippen LogP contribution is 2.33. The lowest BCUT2D eigenvalue weighted by Crippen LogP contribution is -2.55. The van der Waals surface area contributed by atoms with Gasteiger partial charge in [0.05, 0.1) is 31.5 Å². The highest BCUT2D eigenvalue weighted by atomic mass is 32.1. The van der Waals surface area contributed by atoms with Crippen LogP contribution in [0.1, 0.15) is 12.8 Å². The van der Waals surface area contributed by atoms with Gasteiger partial charge in [-0.15, -0.1) is 0 Å². The molecule has 0 spiro atoms. The lowest BCUT2D eigenvalue weighted by atomic mass is 10.1. The number of thiocarbonyl (C=S) groups is 1. The largest absolute Gasteiger partial charge is 0.476 e. The van der Waals surface area contributed by atoms with Gasteiger partial charge >= 0.3 is 0 Å².